The summed E-state index contributed by atoms with van der Waals surface area (Å²) in [6.45, 7) is 4.89. The van der Waals surface area contributed by atoms with Gasteiger partial charge in [-0.05, 0) is 37.6 Å². The molecule has 0 fully saturated rings. The van der Waals surface area contributed by atoms with E-state index in [1.165, 1.54) is 0 Å². The molecule has 1 N–H and O–H groups in total. The van der Waals surface area contributed by atoms with Crippen LogP contribution < -0.4 is 15.1 Å². The summed E-state index contributed by atoms with van der Waals surface area (Å²) in [7, 11) is 7.29. The molecule has 0 aliphatic carbocycles. The zero-order chi connectivity index (χ0) is 31.9. The van der Waals surface area contributed by atoms with Crippen LogP contribution in [-0.4, -0.2) is 84.2 Å². The van der Waals surface area contributed by atoms with Crippen molar-refractivity contribution in [1.29, 1.82) is 0 Å². The highest BCUT2D eigenvalue weighted by Gasteiger charge is 2.28. The summed E-state index contributed by atoms with van der Waals surface area (Å²) in [5.41, 5.74) is 5.63. The van der Waals surface area contributed by atoms with E-state index in [0.29, 0.717) is 29.2 Å². The number of anilines is 3. The number of para-hydroxylation sites is 1. The third kappa shape index (κ3) is 8.05. The maximum absolute atomic E-state index is 12.5. The third-order valence-corrected chi connectivity index (χ3v) is 6.44. The number of hydrogen-bond donors (Lipinski definition) is 1. The first kappa shape index (κ1) is 32.5. The molecule has 11 nitrogen and oxygen atoms in total. The summed E-state index contributed by atoms with van der Waals surface area (Å²) in [5.74, 6) is -0.926. The number of halogens is 3. The number of nitrogens with zero attached hydrogens (tertiary/aromatic N) is 8. The van der Waals surface area contributed by atoms with E-state index in [1.807, 2.05) is 58.1 Å². The molecular formula is C29H34F3N9O2. The number of nitrogens with one attached hydrogen (secondary N) is 1. The van der Waals surface area contributed by atoms with Gasteiger partial charge in [0.25, 0.3) is 0 Å². The molecule has 14 heteroatoms. The highest BCUT2D eigenvalue weighted by Crippen LogP contribution is 2.38. The second kappa shape index (κ2) is 13.8. The second-order valence-corrected chi connectivity index (χ2v) is 9.80. The average molecular weight is 598 g/mol. The Morgan fingerprint density at radius 3 is 2.40 bits per heavy atom. The van der Waals surface area contributed by atoms with Gasteiger partial charge in [0.2, 0.25) is 12.3 Å². The molecule has 4 rings (SSSR count). The van der Waals surface area contributed by atoms with Crippen LogP contribution in [0.5, 0.6) is 0 Å². The summed E-state index contributed by atoms with van der Waals surface area (Å²) >= 11 is 0. The van der Waals surface area contributed by atoms with Gasteiger partial charge in [-0.25, -0.2) is 0 Å². The van der Waals surface area contributed by atoms with E-state index in [9.17, 15) is 22.8 Å². The van der Waals surface area contributed by atoms with Crippen LogP contribution in [0.1, 0.15) is 11.3 Å². The Kier molecular flexibility index (Phi) is 10.4. The van der Waals surface area contributed by atoms with Crippen molar-refractivity contribution in [3.8, 4) is 11.3 Å². The second-order valence-electron chi connectivity index (χ2n) is 9.80. The van der Waals surface area contributed by atoms with Gasteiger partial charge in [0.1, 0.15) is 13.1 Å². The van der Waals surface area contributed by atoms with Gasteiger partial charge in [0.15, 0.2) is 0 Å². The lowest BCUT2D eigenvalue weighted by Crippen LogP contribution is -2.41. The molecule has 0 radical (unpaired) electrons. The predicted octanol–water partition coefficient (Wildman–Crippen LogP) is 4.22. The van der Waals surface area contributed by atoms with Crippen LogP contribution in [0.25, 0.3) is 22.2 Å². The molecule has 0 spiro atoms. The molecule has 0 bridgehead atoms. The summed E-state index contributed by atoms with van der Waals surface area (Å²) in [4.78, 5) is 36.1. The molecular weight excluding hydrogens is 563 g/mol. The molecule has 0 saturated heterocycles. The lowest BCUT2D eigenvalue weighted by Gasteiger charge is -2.29. The number of aromatic nitrogens is 4. The fourth-order valence-corrected chi connectivity index (χ4v) is 4.34. The van der Waals surface area contributed by atoms with Gasteiger partial charge in [0, 0.05) is 52.1 Å². The number of aryl methyl sites for hydroxylation is 3. The summed E-state index contributed by atoms with van der Waals surface area (Å²) < 4.78 is 39.2. The largest absolute Gasteiger partial charge is 0.405 e. The lowest BCUT2D eigenvalue weighted by molar-refractivity contribution is -0.137. The maximum atomic E-state index is 12.5. The van der Waals surface area contributed by atoms with Crippen molar-refractivity contribution < 1.29 is 22.8 Å². The monoisotopic (exact) mass is 597 g/mol. The van der Waals surface area contributed by atoms with Gasteiger partial charge in [-0.15, -0.1) is 0 Å². The van der Waals surface area contributed by atoms with Crippen LogP contribution in [-0.2, 0) is 16.6 Å². The number of pyridine rings is 2. The fraction of sp³-hybridized carbons (Fsp3) is 0.310. The van der Waals surface area contributed by atoms with Crippen LogP contribution in [0.3, 0.4) is 0 Å². The maximum Gasteiger partial charge on any atom is 0.405 e. The van der Waals surface area contributed by atoms with Crippen LogP contribution in [0.2, 0.25) is 0 Å². The normalized spacial score (nSPS) is 10.9. The minimum Gasteiger partial charge on any atom is -0.345 e. The van der Waals surface area contributed by atoms with E-state index in [4.69, 9.17) is 4.98 Å². The topological polar surface area (TPSA) is 112 Å². The van der Waals surface area contributed by atoms with Gasteiger partial charge < -0.3 is 20.1 Å². The molecule has 2 amide bonds. The standard InChI is InChI=1S/C26H26F3N7O2.C3H8N2/c1-16-6-5-7-22(36(15-37)13-24(38)31-14-26(27,28)29)25(16)34(3)21-9-8-20(33-17(21)2)18-10-30-12-23-19(18)11-32-35(23)4;1-4-5(2)3/h5-12,15H,13-14H2,1-4H3,(H,31,38);1H2,2-3H3. The summed E-state index contributed by atoms with van der Waals surface area (Å²) in [6, 6.07) is 8.94. The molecule has 0 unspecified atom stereocenters. The Balaban J connectivity index is 0.000000934. The Labute approximate surface area is 247 Å². The van der Waals surface area contributed by atoms with Crippen LogP contribution >= 0.6 is 0 Å². The Morgan fingerprint density at radius 2 is 1.79 bits per heavy atom. The molecule has 1 aromatic carbocycles. The van der Waals surface area contributed by atoms with E-state index < -0.39 is 25.2 Å². The SMILES string of the molecule is C=NN(C)C.Cc1cccc(N(C=O)CC(=O)NCC(F)(F)F)c1N(C)c1ccc(-c2cncc3c2cnn3C)nc1C. The number of hydrogen-bond acceptors (Lipinski definition) is 8. The highest BCUT2D eigenvalue weighted by atomic mass is 19.4. The first-order valence-corrected chi connectivity index (χ1v) is 13.0. The van der Waals surface area contributed by atoms with Crippen LogP contribution in [0, 0.1) is 13.8 Å². The van der Waals surface area contributed by atoms with E-state index in [2.05, 4.69) is 21.9 Å². The number of carbonyl (C=O) groups excluding carboxylic acids is 2. The third-order valence-electron chi connectivity index (χ3n) is 6.44. The van der Waals surface area contributed by atoms with Crippen molar-refractivity contribution in [1.82, 2.24) is 30.1 Å². The number of rotatable bonds is 9. The Bertz CT molecular complexity index is 1600. The van der Waals surface area contributed by atoms with E-state index >= 15 is 0 Å². The minimum atomic E-state index is -4.55. The molecule has 3 heterocycles. The van der Waals surface area contributed by atoms with Crippen molar-refractivity contribution in [2.45, 2.75) is 20.0 Å². The number of benzene rings is 1. The Morgan fingerprint density at radius 1 is 1.09 bits per heavy atom. The number of alkyl halides is 3. The lowest BCUT2D eigenvalue weighted by atomic mass is 10.1. The van der Waals surface area contributed by atoms with Gasteiger partial charge in [0.05, 0.1) is 46.4 Å². The molecule has 0 saturated carbocycles. The van der Waals surface area contributed by atoms with Crippen molar-refractivity contribution in [3.63, 3.8) is 0 Å². The van der Waals surface area contributed by atoms with E-state index in [0.717, 1.165) is 32.6 Å². The van der Waals surface area contributed by atoms with Crippen molar-refractivity contribution >= 4 is 47.0 Å². The van der Waals surface area contributed by atoms with E-state index in [-0.39, 0.29) is 0 Å². The zero-order valence-corrected chi connectivity index (χ0v) is 24.8. The van der Waals surface area contributed by atoms with Crippen LogP contribution in [0.4, 0.5) is 30.2 Å². The van der Waals surface area contributed by atoms with Crippen molar-refractivity contribution in [2.24, 2.45) is 12.1 Å². The summed E-state index contributed by atoms with van der Waals surface area (Å²) in [6.07, 6.45) is 1.12. The van der Waals surface area contributed by atoms with Gasteiger partial charge >= 0.3 is 6.18 Å². The van der Waals surface area contributed by atoms with E-state index in [1.54, 1.807) is 52.8 Å². The fourth-order valence-electron chi connectivity index (χ4n) is 4.34. The first-order chi connectivity index (χ1) is 20.3. The summed E-state index contributed by atoms with van der Waals surface area (Å²) in [5, 5.41) is 12.1. The molecule has 0 aliphatic rings. The molecule has 3 aromatic heterocycles. The molecule has 0 aliphatic heterocycles. The van der Waals surface area contributed by atoms with Crippen LogP contribution in [0.15, 0.2) is 54.0 Å². The minimum absolute atomic E-state index is 0.373. The van der Waals surface area contributed by atoms with Gasteiger partial charge in [-0.1, -0.05) is 12.1 Å². The quantitative estimate of drug-likeness (QED) is 0.175. The number of hydrazone groups is 1. The molecule has 228 valence electrons. The number of carbonyl (C=O) groups is 2. The smallest absolute Gasteiger partial charge is 0.345 e. The van der Waals surface area contributed by atoms with Crippen molar-refractivity contribution in [3.05, 3.63) is 60.2 Å². The average Bonchev–Trinajstić information content (AvgIpc) is 3.35. The van der Waals surface area contributed by atoms with Crippen molar-refractivity contribution in [2.75, 3.05) is 44.0 Å². The van der Waals surface area contributed by atoms with Gasteiger partial charge in [-0.3, -0.25) is 24.2 Å². The Hall–Kier alpha value is -5.01. The highest BCUT2D eigenvalue weighted by molar-refractivity contribution is 5.95. The van der Waals surface area contributed by atoms with Gasteiger partial charge in [-0.2, -0.15) is 23.4 Å². The number of fused-ring (bicyclic) bond motifs is 1. The molecule has 43 heavy (non-hydrogen) atoms. The molecule has 4 aromatic rings. The predicted molar refractivity (Wildman–Crippen MR) is 161 cm³/mol. The number of amides is 2. The zero-order valence-electron chi connectivity index (χ0n) is 24.8. The molecule has 0 atom stereocenters. The first-order valence-electron chi connectivity index (χ1n) is 13.0.